The first-order valence-electron chi connectivity index (χ1n) is 11.6. The molecule has 0 aliphatic carbocycles. The Balaban J connectivity index is 1.19. The molecular weight excluding hydrogens is 424 g/mol. The number of benzene rings is 3. The van der Waals surface area contributed by atoms with Gasteiger partial charge in [-0.25, -0.2) is 0 Å². The lowest BCUT2D eigenvalue weighted by molar-refractivity contribution is -0.133. The summed E-state index contributed by atoms with van der Waals surface area (Å²) in [5.41, 5.74) is 4.16. The number of rotatable bonds is 5. The first-order chi connectivity index (χ1) is 16.6. The van der Waals surface area contributed by atoms with Crippen molar-refractivity contribution >= 4 is 22.5 Å². The van der Waals surface area contributed by atoms with Gasteiger partial charge < -0.3 is 14.5 Å². The number of anilines is 1. The van der Waals surface area contributed by atoms with Crippen LogP contribution in [0.1, 0.15) is 11.1 Å². The monoisotopic (exact) mass is 452 g/mol. The van der Waals surface area contributed by atoms with Gasteiger partial charge >= 0.3 is 0 Å². The maximum Gasteiger partial charge on any atom is 0.260 e. The van der Waals surface area contributed by atoms with E-state index < -0.39 is 0 Å². The summed E-state index contributed by atoms with van der Waals surface area (Å²) in [7, 11) is 0. The lowest BCUT2D eigenvalue weighted by atomic mass is 10.0. The molecule has 0 saturated carbocycles. The predicted octanol–water partition coefficient (Wildman–Crippen LogP) is 4.64. The van der Waals surface area contributed by atoms with Crippen LogP contribution in [0.4, 0.5) is 5.82 Å². The van der Waals surface area contributed by atoms with Crippen molar-refractivity contribution in [2.24, 2.45) is 0 Å². The summed E-state index contributed by atoms with van der Waals surface area (Å²) in [6.07, 6.45) is 0. The van der Waals surface area contributed by atoms with Gasteiger partial charge in [-0.1, -0.05) is 60.2 Å². The third-order valence-electron chi connectivity index (χ3n) is 6.35. The molecule has 1 aromatic heterocycles. The van der Waals surface area contributed by atoms with Crippen LogP contribution >= 0.6 is 0 Å². The van der Waals surface area contributed by atoms with E-state index in [1.807, 2.05) is 61.2 Å². The smallest absolute Gasteiger partial charge is 0.260 e. The quantitative estimate of drug-likeness (QED) is 0.442. The van der Waals surface area contributed by atoms with Crippen molar-refractivity contribution in [1.29, 1.82) is 0 Å². The van der Waals surface area contributed by atoms with E-state index in [9.17, 15) is 4.79 Å². The molecule has 34 heavy (non-hydrogen) atoms. The highest BCUT2D eigenvalue weighted by molar-refractivity contribution is 5.95. The Hall–Kier alpha value is -3.93. The first-order valence-corrected chi connectivity index (χ1v) is 11.6. The van der Waals surface area contributed by atoms with Crippen LogP contribution in [0.3, 0.4) is 0 Å². The van der Waals surface area contributed by atoms with Gasteiger partial charge in [-0.15, -0.1) is 10.2 Å². The van der Waals surface area contributed by atoms with Crippen LogP contribution in [-0.4, -0.2) is 53.8 Å². The zero-order chi connectivity index (χ0) is 23.5. The van der Waals surface area contributed by atoms with Crippen LogP contribution in [0.25, 0.3) is 22.0 Å². The van der Waals surface area contributed by atoms with Gasteiger partial charge in [0.2, 0.25) is 0 Å². The number of piperazine rings is 1. The summed E-state index contributed by atoms with van der Waals surface area (Å²) < 4.78 is 5.78. The van der Waals surface area contributed by atoms with E-state index in [-0.39, 0.29) is 12.5 Å². The molecule has 2 heterocycles. The molecule has 5 rings (SSSR count). The van der Waals surface area contributed by atoms with Gasteiger partial charge in [0.05, 0.1) is 5.69 Å². The molecular formula is C28H28N4O2. The summed E-state index contributed by atoms with van der Waals surface area (Å²) in [6.45, 7) is 6.82. The van der Waals surface area contributed by atoms with E-state index >= 15 is 0 Å². The van der Waals surface area contributed by atoms with Crippen molar-refractivity contribution in [3.8, 4) is 17.0 Å². The van der Waals surface area contributed by atoms with Gasteiger partial charge in [0.15, 0.2) is 12.4 Å². The molecule has 0 N–H and O–H groups in total. The van der Waals surface area contributed by atoms with Crippen LogP contribution in [0, 0.1) is 13.8 Å². The zero-order valence-corrected chi connectivity index (χ0v) is 19.6. The number of nitrogens with zero attached hydrogens (tertiary/aromatic N) is 4. The second-order valence-electron chi connectivity index (χ2n) is 8.73. The molecule has 1 aliphatic rings. The van der Waals surface area contributed by atoms with E-state index in [0.717, 1.165) is 41.5 Å². The number of hydrogen-bond acceptors (Lipinski definition) is 5. The molecule has 1 aliphatic heterocycles. The average molecular weight is 453 g/mol. The highest BCUT2D eigenvalue weighted by Crippen LogP contribution is 2.27. The van der Waals surface area contributed by atoms with E-state index in [1.165, 1.54) is 16.3 Å². The van der Waals surface area contributed by atoms with Gasteiger partial charge in [0.25, 0.3) is 5.91 Å². The number of aryl methyl sites for hydroxylation is 2. The van der Waals surface area contributed by atoms with Crippen LogP contribution in [0.5, 0.6) is 5.75 Å². The van der Waals surface area contributed by atoms with Gasteiger partial charge in [-0.05, 0) is 48.4 Å². The third kappa shape index (κ3) is 4.57. The minimum absolute atomic E-state index is 0.0111. The Morgan fingerprint density at radius 1 is 0.882 bits per heavy atom. The molecule has 1 amide bonds. The van der Waals surface area contributed by atoms with Crippen molar-refractivity contribution in [3.63, 3.8) is 0 Å². The second kappa shape index (κ2) is 9.51. The van der Waals surface area contributed by atoms with E-state index in [0.29, 0.717) is 13.1 Å². The largest absolute Gasteiger partial charge is 0.484 e. The first kappa shape index (κ1) is 21.9. The standard InChI is InChI=1S/C28H28N4O2/c1-20-10-12-26(21(2)18-20)34-19-28(33)32-16-14-31(15-17-32)27-13-11-25(29-30-27)24-9-5-7-22-6-3-4-8-23(22)24/h3-13,18H,14-17,19H2,1-2H3. The second-order valence-corrected chi connectivity index (χ2v) is 8.73. The summed E-state index contributed by atoms with van der Waals surface area (Å²) in [4.78, 5) is 16.7. The van der Waals surface area contributed by atoms with Crippen molar-refractivity contribution < 1.29 is 9.53 Å². The minimum Gasteiger partial charge on any atom is -0.484 e. The fraction of sp³-hybridized carbons (Fsp3) is 0.250. The SMILES string of the molecule is Cc1ccc(OCC(=O)N2CCN(c3ccc(-c4cccc5ccccc45)nn3)CC2)c(C)c1. The molecule has 6 heteroatoms. The summed E-state index contributed by atoms with van der Waals surface area (Å²) >= 11 is 0. The van der Waals surface area contributed by atoms with Gasteiger partial charge in [-0.2, -0.15) is 0 Å². The number of carbonyl (C=O) groups excluding carboxylic acids is 1. The highest BCUT2D eigenvalue weighted by atomic mass is 16.5. The van der Waals surface area contributed by atoms with Crippen molar-refractivity contribution in [2.45, 2.75) is 13.8 Å². The summed E-state index contributed by atoms with van der Waals surface area (Å²) in [6, 6.07) is 24.6. The molecule has 1 saturated heterocycles. The normalized spacial score (nSPS) is 13.8. The predicted molar refractivity (Wildman–Crippen MR) is 135 cm³/mol. The Morgan fingerprint density at radius 2 is 1.68 bits per heavy atom. The van der Waals surface area contributed by atoms with Crippen LogP contribution < -0.4 is 9.64 Å². The molecule has 0 radical (unpaired) electrons. The average Bonchev–Trinajstić information content (AvgIpc) is 2.88. The van der Waals surface area contributed by atoms with E-state index in [4.69, 9.17) is 4.74 Å². The van der Waals surface area contributed by atoms with Crippen LogP contribution in [0.15, 0.2) is 72.8 Å². The lowest BCUT2D eigenvalue weighted by Gasteiger charge is -2.35. The Labute approximate surface area is 199 Å². The highest BCUT2D eigenvalue weighted by Gasteiger charge is 2.22. The molecule has 172 valence electrons. The molecule has 0 unspecified atom stereocenters. The summed E-state index contributed by atoms with van der Waals surface area (Å²) in [5.74, 6) is 1.61. The minimum atomic E-state index is 0.0111. The Bertz CT molecular complexity index is 1310. The van der Waals surface area contributed by atoms with Gasteiger partial charge in [-0.3, -0.25) is 4.79 Å². The molecule has 4 aromatic rings. The maximum atomic E-state index is 12.7. The zero-order valence-electron chi connectivity index (χ0n) is 19.6. The van der Waals surface area contributed by atoms with E-state index in [1.54, 1.807) is 0 Å². The molecule has 0 spiro atoms. The van der Waals surface area contributed by atoms with Crippen molar-refractivity contribution in [2.75, 3.05) is 37.7 Å². The fourth-order valence-corrected chi connectivity index (χ4v) is 4.46. The third-order valence-corrected chi connectivity index (χ3v) is 6.35. The van der Waals surface area contributed by atoms with Gasteiger partial charge in [0, 0.05) is 31.7 Å². The molecule has 6 nitrogen and oxygen atoms in total. The van der Waals surface area contributed by atoms with E-state index in [2.05, 4.69) is 45.4 Å². The molecule has 3 aromatic carbocycles. The number of fused-ring (bicyclic) bond motifs is 1. The Kier molecular flexibility index (Phi) is 6.12. The van der Waals surface area contributed by atoms with Crippen molar-refractivity contribution in [1.82, 2.24) is 15.1 Å². The maximum absolute atomic E-state index is 12.7. The fourth-order valence-electron chi connectivity index (χ4n) is 4.46. The number of hydrogen-bond donors (Lipinski definition) is 0. The van der Waals surface area contributed by atoms with Crippen LogP contribution in [-0.2, 0) is 4.79 Å². The molecule has 0 atom stereocenters. The Morgan fingerprint density at radius 3 is 2.44 bits per heavy atom. The van der Waals surface area contributed by atoms with Gasteiger partial charge in [0.1, 0.15) is 5.75 Å². The van der Waals surface area contributed by atoms with Crippen LogP contribution in [0.2, 0.25) is 0 Å². The molecule has 0 bridgehead atoms. The number of ether oxygens (including phenoxy) is 1. The molecule has 1 fully saturated rings. The number of carbonyl (C=O) groups is 1. The lowest BCUT2D eigenvalue weighted by Crippen LogP contribution is -2.50. The summed E-state index contributed by atoms with van der Waals surface area (Å²) in [5, 5.41) is 11.4. The van der Waals surface area contributed by atoms with Crippen molar-refractivity contribution in [3.05, 3.63) is 83.9 Å². The number of amides is 1. The topological polar surface area (TPSA) is 58.6 Å². The number of aromatic nitrogens is 2.